The Bertz CT molecular complexity index is 577. The number of nitrogens with two attached hydrogens (primary N) is 1. The first kappa shape index (κ1) is 14.9. The van der Waals surface area contributed by atoms with Gasteiger partial charge in [0.1, 0.15) is 5.75 Å². The van der Waals surface area contributed by atoms with Crippen LogP contribution in [0.25, 0.3) is 0 Å². The van der Waals surface area contributed by atoms with Crippen molar-refractivity contribution in [3.8, 4) is 5.75 Å². The van der Waals surface area contributed by atoms with Crippen LogP contribution in [0.1, 0.15) is 29.3 Å². The van der Waals surface area contributed by atoms with Crippen LogP contribution in [0, 0.1) is 0 Å². The summed E-state index contributed by atoms with van der Waals surface area (Å²) in [6, 6.07) is 15.1. The fourth-order valence-corrected chi connectivity index (χ4v) is 1.88. The summed E-state index contributed by atoms with van der Waals surface area (Å²) in [6.45, 7) is 3.51. The molecule has 0 fully saturated rings. The van der Waals surface area contributed by atoms with Crippen LogP contribution in [0.5, 0.6) is 5.75 Å². The number of benzene rings is 2. The second-order valence-corrected chi connectivity index (χ2v) is 4.79. The van der Waals surface area contributed by atoms with Gasteiger partial charge in [0.15, 0.2) is 0 Å². The molecule has 0 atom stereocenters. The first-order valence-electron chi connectivity index (χ1n) is 7.04. The molecular weight excluding hydrogens is 264 g/mol. The maximum absolute atomic E-state index is 11.0. The van der Waals surface area contributed by atoms with Gasteiger partial charge in [0.2, 0.25) is 5.91 Å². The molecule has 21 heavy (non-hydrogen) atoms. The van der Waals surface area contributed by atoms with Gasteiger partial charge in [-0.2, -0.15) is 0 Å². The van der Waals surface area contributed by atoms with Gasteiger partial charge < -0.3 is 15.8 Å². The van der Waals surface area contributed by atoms with Crippen LogP contribution in [-0.4, -0.2) is 12.5 Å². The summed E-state index contributed by atoms with van der Waals surface area (Å²) in [5.74, 6) is 0.477. The van der Waals surface area contributed by atoms with Gasteiger partial charge >= 0.3 is 0 Å². The predicted molar refractivity (Wildman–Crippen MR) is 84.5 cm³/mol. The van der Waals surface area contributed by atoms with Gasteiger partial charge in [-0.3, -0.25) is 4.79 Å². The Morgan fingerprint density at radius 1 is 1.10 bits per heavy atom. The van der Waals surface area contributed by atoms with Crippen molar-refractivity contribution in [2.24, 2.45) is 5.73 Å². The Kier molecular flexibility index (Phi) is 5.21. The van der Waals surface area contributed by atoms with E-state index in [1.54, 1.807) is 12.1 Å². The number of nitrogens with one attached hydrogen (secondary N) is 1. The number of amides is 1. The van der Waals surface area contributed by atoms with E-state index >= 15 is 0 Å². The minimum absolute atomic E-state index is 0.405. The van der Waals surface area contributed by atoms with E-state index in [4.69, 9.17) is 10.5 Å². The summed E-state index contributed by atoms with van der Waals surface area (Å²) in [7, 11) is 0. The Balaban J connectivity index is 1.88. The van der Waals surface area contributed by atoms with Crippen molar-refractivity contribution in [2.45, 2.75) is 19.9 Å². The lowest BCUT2D eigenvalue weighted by Crippen LogP contribution is -2.10. The molecule has 1 amide bonds. The fraction of sp³-hybridized carbons (Fsp3) is 0.235. The van der Waals surface area contributed by atoms with Crippen molar-refractivity contribution in [2.75, 3.05) is 11.9 Å². The molecule has 4 nitrogen and oxygen atoms in total. The highest BCUT2D eigenvalue weighted by Crippen LogP contribution is 2.16. The van der Waals surface area contributed by atoms with Gasteiger partial charge in [0.25, 0.3) is 0 Å². The van der Waals surface area contributed by atoms with Crippen molar-refractivity contribution in [3.05, 3.63) is 59.7 Å². The van der Waals surface area contributed by atoms with Gasteiger partial charge in [-0.15, -0.1) is 0 Å². The first-order valence-corrected chi connectivity index (χ1v) is 7.04. The average Bonchev–Trinajstić information content (AvgIpc) is 2.52. The number of hydrogen-bond acceptors (Lipinski definition) is 3. The third kappa shape index (κ3) is 4.53. The summed E-state index contributed by atoms with van der Waals surface area (Å²) in [5.41, 5.74) is 7.85. The average molecular weight is 284 g/mol. The van der Waals surface area contributed by atoms with Crippen molar-refractivity contribution < 1.29 is 9.53 Å². The van der Waals surface area contributed by atoms with Crippen molar-refractivity contribution >= 4 is 11.6 Å². The van der Waals surface area contributed by atoms with E-state index in [0.29, 0.717) is 12.1 Å². The molecule has 0 heterocycles. The van der Waals surface area contributed by atoms with Crippen LogP contribution in [0.3, 0.4) is 0 Å². The smallest absolute Gasteiger partial charge is 0.248 e. The van der Waals surface area contributed by atoms with E-state index < -0.39 is 5.91 Å². The lowest BCUT2D eigenvalue weighted by Gasteiger charge is -2.09. The van der Waals surface area contributed by atoms with Crippen LogP contribution >= 0.6 is 0 Å². The number of hydrogen-bond donors (Lipinski definition) is 2. The zero-order valence-electron chi connectivity index (χ0n) is 12.1. The van der Waals surface area contributed by atoms with E-state index in [0.717, 1.165) is 30.0 Å². The highest BCUT2D eigenvalue weighted by atomic mass is 16.5. The zero-order chi connectivity index (χ0) is 15.1. The highest BCUT2D eigenvalue weighted by Gasteiger charge is 2.00. The lowest BCUT2D eigenvalue weighted by molar-refractivity contribution is 0.100. The minimum atomic E-state index is -0.405. The third-order valence-corrected chi connectivity index (χ3v) is 3.06. The normalized spacial score (nSPS) is 10.1. The molecule has 0 aromatic heterocycles. The van der Waals surface area contributed by atoms with E-state index in [-0.39, 0.29) is 0 Å². The molecule has 110 valence electrons. The van der Waals surface area contributed by atoms with Gasteiger partial charge in [0.05, 0.1) is 6.61 Å². The fourth-order valence-electron chi connectivity index (χ4n) is 1.88. The molecule has 0 aliphatic rings. The molecule has 0 bridgehead atoms. The molecular formula is C17H20N2O2. The number of carbonyl (C=O) groups is 1. The zero-order valence-corrected chi connectivity index (χ0v) is 12.1. The maximum atomic E-state index is 11.0. The van der Waals surface area contributed by atoms with E-state index in [2.05, 4.69) is 12.2 Å². The number of rotatable bonds is 7. The standard InChI is InChI=1S/C17H20N2O2/c1-2-11-21-16-9-7-15(8-10-16)19-12-13-3-5-14(6-4-13)17(18)20/h3-10,19H,2,11-12H2,1H3,(H2,18,20). The number of carbonyl (C=O) groups excluding carboxylic acids is 1. The molecule has 0 saturated carbocycles. The maximum Gasteiger partial charge on any atom is 0.248 e. The van der Waals surface area contributed by atoms with Crippen LogP contribution in [0.4, 0.5) is 5.69 Å². The summed E-state index contributed by atoms with van der Waals surface area (Å²) in [5, 5.41) is 3.32. The molecule has 3 N–H and O–H groups in total. The molecule has 0 spiro atoms. The molecule has 4 heteroatoms. The Morgan fingerprint density at radius 2 is 1.76 bits per heavy atom. The SMILES string of the molecule is CCCOc1ccc(NCc2ccc(C(N)=O)cc2)cc1. The van der Waals surface area contributed by atoms with Crippen LogP contribution in [-0.2, 0) is 6.54 Å². The molecule has 0 saturated heterocycles. The second-order valence-electron chi connectivity index (χ2n) is 4.79. The second kappa shape index (κ2) is 7.33. The van der Waals surface area contributed by atoms with E-state index in [1.807, 2.05) is 36.4 Å². The number of anilines is 1. The Labute approximate surface area is 124 Å². The molecule has 0 radical (unpaired) electrons. The summed E-state index contributed by atoms with van der Waals surface area (Å²) in [6.07, 6.45) is 1.00. The number of ether oxygens (including phenoxy) is 1. The topological polar surface area (TPSA) is 64.3 Å². The molecule has 2 rings (SSSR count). The van der Waals surface area contributed by atoms with Crippen molar-refractivity contribution in [1.29, 1.82) is 0 Å². The minimum Gasteiger partial charge on any atom is -0.494 e. The Morgan fingerprint density at radius 3 is 2.33 bits per heavy atom. The first-order chi connectivity index (χ1) is 10.2. The van der Waals surface area contributed by atoms with Crippen molar-refractivity contribution in [3.63, 3.8) is 0 Å². The Hall–Kier alpha value is -2.49. The molecule has 0 unspecified atom stereocenters. The van der Waals surface area contributed by atoms with Gasteiger partial charge in [0, 0.05) is 17.8 Å². The highest BCUT2D eigenvalue weighted by molar-refractivity contribution is 5.92. The van der Waals surface area contributed by atoms with Crippen LogP contribution in [0.15, 0.2) is 48.5 Å². The van der Waals surface area contributed by atoms with Crippen LogP contribution < -0.4 is 15.8 Å². The third-order valence-electron chi connectivity index (χ3n) is 3.06. The molecule has 0 aliphatic carbocycles. The number of primary amides is 1. The predicted octanol–water partition coefficient (Wildman–Crippen LogP) is 3.19. The van der Waals surface area contributed by atoms with Gasteiger partial charge in [-0.1, -0.05) is 19.1 Å². The van der Waals surface area contributed by atoms with Gasteiger partial charge in [-0.25, -0.2) is 0 Å². The van der Waals surface area contributed by atoms with Crippen LogP contribution in [0.2, 0.25) is 0 Å². The van der Waals surface area contributed by atoms with E-state index in [9.17, 15) is 4.79 Å². The summed E-state index contributed by atoms with van der Waals surface area (Å²) < 4.78 is 5.54. The molecule has 2 aromatic carbocycles. The monoisotopic (exact) mass is 284 g/mol. The lowest BCUT2D eigenvalue weighted by atomic mass is 10.1. The van der Waals surface area contributed by atoms with E-state index in [1.165, 1.54) is 0 Å². The van der Waals surface area contributed by atoms with Gasteiger partial charge in [-0.05, 0) is 48.4 Å². The largest absolute Gasteiger partial charge is 0.494 e. The summed E-state index contributed by atoms with van der Waals surface area (Å²) >= 11 is 0. The quantitative estimate of drug-likeness (QED) is 0.820. The van der Waals surface area contributed by atoms with Crippen molar-refractivity contribution in [1.82, 2.24) is 0 Å². The summed E-state index contributed by atoms with van der Waals surface area (Å²) in [4.78, 5) is 11.0. The molecule has 2 aromatic rings. The molecule has 0 aliphatic heterocycles.